The Hall–Kier alpha value is -1.65. The van der Waals surface area contributed by atoms with Crippen LogP contribution in [-0.4, -0.2) is 34.1 Å². The Bertz CT molecular complexity index is 365. The van der Waals surface area contributed by atoms with Gasteiger partial charge in [-0.1, -0.05) is 20.3 Å². The van der Waals surface area contributed by atoms with Crippen LogP contribution >= 0.6 is 0 Å². The van der Waals surface area contributed by atoms with Crippen molar-refractivity contribution < 1.29 is 9.90 Å². The van der Waals surface area contributed by atoms with Gasteiger partial charge in [0, 0.05) is 25.5 Å². The first-order chi connectivity index (χ1) is 8.08. The van der Waals surface area contributed by atoms with Crippen molar-refractivity contribution in [3.8, 4) is 0 Å². The van der Waals surface area contributed by atoms with Gasteiger partial charge in [-0.25, -0.2) is 14.8 Å². The quantitative estimate of drug-likeness (QED) is 0.820. The Labute approximate surface area is 102 Å². The lowest BCUT2D eigenvalue weighted by Gasteiger charge is -2.23. The topological polar surface area (TPSA) is 66.3 Å². The van der Waals surface area contributed by atoms with Gasteiger partial charge < -0.3 is 10.0 Å². The van der Waals surface area contributed by atoms with Crippen molar-refractivity contribution in [3.05, 3.63) is 18.0 Å². The molecule has 0 fully saturated rings. The van der Waals surface area contributed by atoms with E-state index in [0.29, 0.717) is 11.9 Å². The highest BCUT2D eigenvalue weighted by atomic mass is 16.4. The van der Waals surface area contributed by atoms with E-state index in [1.165, 1.54) is 12.4 Å². The van der Waals surface area contributed by atoms with Crippen LogP contribution in [0.3, 0.4) is 0 Å². The first kappa shape index (κ1) is 13.4. The molecular weight excluding hydrogens is 218 g/mol. The summed E-state index contributed by atoms with van der Waals surface area (Å²) in [6.45, 7) is 8.06. The number of carboxylic acids is 1. The van der Waals surface area contributed by atoms with Gasteiger partial charge in [0.05, 0.1) is 5.56 Å². The van der Waals surface area contributed by atoms with E-state index < -0.39 is 5.97 Å². The number of nitrogens with zero attached hydrogens (tertiary/aromatic N) is 3. The molecule has 1 rings (SSSR count). The molecule has 1 heterocycles. The predicted octanol–water partition coefficient (Wildman–Crippen LogP) is 2.05. The molecule has 0 spiro atoms. The van der Waals surface area contributed by atoms with Crippen molar-refractivity contribution in [1.82, 2.24) is 9.97 Å². The average Bonchev–Trinajstić information content (AvgIpc) is 2.35. The van der Waals surface area contributed by atoms with E-state index >= 15 is 0 Å². The predicted molar refractivity (Wildman–Crippen MR) is 66.3 cm³/mol. The standard InChI is InChI=1S/C12H19N3O2/c1-4-9(3)8-15(5-2)12-13-6-10(7-14-12)11(16)17/h6-7,9H,4-5,8H2,1-3H3,(H,16,17). The molecule has 0 bridgehead atoms. The fourth-order valence-corrected chi connectivity index (χ4v) is 1.45. The minimum Gasteiger partial charge on any atom is -0.478 e. The second kappa shape index (κ2) is 6.18. The summed E-state index contributed by atoms with van der Waals surface area (Å²) in [7, 11) is 0. The lowest BCUT2D eigenvalue weighted by molar-refractivity contribution is 0.0696. The van der Waals surface area contributed by atoms with E-state index in [9.17, 15) is 4.79 Å². The van der Waals surface area contributed by atoms with Gasteiger partial charge in [-0.3, -0.25) is 0 Å². The summed E-state index contributed by atoms with van der Waals surface area (Å²) in [5.74, 6) is 0.164. The molecule has 1 atom stereocenters. The molecule has 94 valence electrons. The van der Waals surface area contributed by atoms with Crippen LogP contribution < -0.4 is 4.90 Å². The Morgan fingerprint density at radius 1 is 1.41 bits per heavy atom. The van der Waals surface area contributed by atoms with Gasteiger partial charge in [-0.05, 0) is 12.8 Å². The zero-order chi connectivity index (χ0) is 12.8. The van der Waals surface area contributed by atoms with Crippen molar-refractivity contribution in [3.63, 3.8) is 0 Å². The molecule has 5 nitrogen and oxygen atoms in total. The van der Waals surface area contributed by atoms with E-state index in [1.807, 2.05) is 6.92 Å². The molecule has 0 aliphatic heterocycles. The summed E-state index contributed by atoms with van der Waals surface area (Å²) in [5, 5.41) is 8.76. The van der Waals surface area contributed by atoms with Crippen LogP contribution in [0.15, 0.2) is 12.4 Å². The zero-order valence-corrected chi connectivity index (χ0v) is 10.6. The van der Waals surface area contributed by atoms with Gasteiger partial charge >= 0.3 is 5.97 Å². The van der Waals surface area contributed by atoms with Crippen LogP contribution in [0, 0.1) is 5.92 Å². The van der Waals surface area contributed by atoms with Crippen LogP contribution in [0.4, 0.5) is 5.95 Å². The summed E-state index contributed by atoms with van der Waals surface area (Å²) in [6.07, 6.45) is 3.80. The van der Waals surface area contributed by atoms with Gasteiger partial charge in [0.1, 0.15) is 0 Å². The summed E-state index contributed by atoms with van der Waals surface area (Å²) < 4.78 is 0. The minimum atomic E-state index is -0.999. The third-order valence-corrected chi connectivity index (χ3v) is 2.78. The van der Waals surface area contributed by atoms with Gasteiger partial charge in [-0.15, -0.1) is 0 Å². The van der Waals surface area contributed by atoms with Crippen LogP contribution in [0.5, 0.6) is 0 Å². The number of hydrogen-bond acceptors (Lipinski definition) is 4. The molecule has 0 aliphatic rings. The molecule has 1 unspecified atom stereocenters. The van der Waals surface area contributed by atoms with E-state index in [4.69, 9.17) is 5.11 Å². The van der Waals surface area contributed by atoms with E-state index in [0.717, 1.165) is 19.5 Å². The highest BCUT2D eigenvalue weighted by Gasteiger charge is 2.12. The number of carbonyl (C=O) groups is 1. The van der Waals surface area contributed by atoms with Crippen molar-refractivity contribution in [1.29, 1.82) is 0 Å². The zero-order valence-electron chi connectivity index (χ0n) is 10.6. The maximum Gasteiger partial charge on any atom is 0.338 e. The third kappa shape index (κ3) is 3.69. The number of rotatable bonds is 6. The van der Waals surface area contributed by atoms with E-state index in [2.05, 4.69) is 28.7 Å². The van der Waals surface area contributed by atoms with Crippen molar-refractivity contribution in [2.45, 2.75) is 27.2 Å². The molecule has 0 amide bonds. The SMILES string of the molecule is CCC(C)CN(CC)c1ncc(C(=O)O)cn1. The number of carboxylic acid groups (broad SMARTS) is 1. The summed E-state index contributed by atoms with van der Waals surface area (Å²) in [6, 6.07) is 0. The fraction of sp³-hybridized carbons (Fsp3) is 0.583. The number of aromatic carboxylic acids is 1. The number of hydrogen-bond donors (Lipinski definition) is 1. The Balaban J connectivity index is 2.78. The van der Waals surface area contributed by atoms with Gasteiger partial charge in [0.15, 0.2) is 0 Å². The van der Waals surface area contributed by atoms with E-state index in [-0.39, 0.29) is 5.56 Å². The fourth-order valence-electron chi connectivity index (χ4n) is 1.45. The summed E-state index contributed by atoms with van der Waals surface area (Å²) >= 11 is 0. The molecule has 0 aliphatic carbocycles. The molecule has 1 aromatic rings. The molecule has 0 radical (unpaired) electrons. The molecule has 0 aromatic carbocycles. The molecular formula is C12H19N3O2. The van der Waals surface area contributed by atoms with Crippen LogP contribution in [0.25, 0.3) is 0 Å². The van der Waals surface area contributed by atoms with Crippen molar-refractivity contribution in [2.75, 3.05) is 18.0 Å². The third-order valence-electron chi connectivity index (χ3n) is 2.78. The normalized spacial score (nSPS) is 12.2. The second-order valence-corrected chi connectivity index (χ2v) is 4.13. The molecule has 0 saturated heterocycles. The molecule has 0 saturated carbocycles. The first-order valence-electron chi connectivity index (χ1n) is 5.88. The highest BCUT2D eigenvalue weighted by molar-refractivity contribution is 5.86. The van der Waals surface area contributed by atoms with Crippen molar-refractivity contribution >= 4 is 11.9 Å². The molecule has 1 aromatic heterocycles. The van der Waals surface area contributed by atoms with Crippen LogP contribution in [0.1, 0.15) is 37.6 Å². The largest absolute Gasteiger partial charge is 0.478 e. The molecule has 17 heavy (non-hydrogen) atoms. The number of aromatic nitrogens is 2. The minimum absolute atomic E-state index is 0.119. The Morgan fingerprint density at radius 2 is 2.00 bits per heavy atom. The summed E-state index contributed by atoms with van der Waals surface area (Å²) in [5.41, 5.74) is 0.119. The second-order valence-electron chi connectivity index (χ2n) is 4.13. The maximum atomic E-state index is 10.7. The summed E-state index contributed by atoms with van der Waals surface area (Å²) in [4.78, 5) is 20.9. The van der Waals surface area contributed by atoms with Crippen LogP contribution in [-0.2, 0) is 0 Å². The molecule has 1 N–H and O–H groups in total. The van der Waals surface area contributed by atoms with Crippen molar-refractivity contribution in [2.24, 2.45) is 5.92 Å². The number of anilines is 1. The maximum absolute atomic E-state index is 10.7. The smallest absolute Gasteiger partial charge is 0.338 e. The van der Waals surface area contributed by atoms with Gasteiger partial charge in [-0.2, -0.15) is 0 Å². The molecule has 5 heteroatoms. The Kier molecular flexibility index (Phi) is 4.87. The lowest BCUT2D eigenvalue weighted by atomic mass is 10.1. The highest BCUT2D eigenvalue weighted by Crippen LogP contribution is 2.11. The van der Waals surface area contributed by atoms with Gasteiger partial charge in [0.2, 0.25) is 5.95 Å². The Morgan fingerprint density at radius 3 is 2.41 bits per heavy atom. The van der Waals surface area contributed by atoms with Crippen LogP contribution in [0.2, 0.25) is 0 Å². The lowest BCUT2D eigenvalue weighted by Crippen LogP contribution is -2.29. The first-order valence-corrected chi connectivity index (χ1v) is 5.88. The monoisotopic (exact) mass is 237 g/mol. The van der Waals surface area contributed by atoms with Gasteiger partial charge in [0.25, 0.3) is 0 Å². The average molecular weight is 237 g/mol. The van der Waals surface area contributed by atoms with E-state index in [1.54, 1.807) is 0 Å².